The smallest absolute Gasteiger partial charge is 0.355 e. The summed E-state index contributed by atoms with van der Waals surface area (Å²) >= 11 is 3.29. The van der Waals surface area contributed by atoms with Crippen LogP contribution in [0.15, 0.2) is 33.9 Å². The van der Waals surface area contributed by atoms with Crippen molar-refractivity contribution in [1.29, 1.82) is 0 Å². The minimum Gasteiger partial charge on any atom is -0.506 e. The summed E-state index contributed by atoms with van der Waals surface area (Å²) in [5.41, 5.74) is 0.310. The Bertz CT molecular complexity index is 642. The Balaban J connectivity index is 2.60. The van der Waals surface area contributed by atoms with E-state index in [1.165, 1.54) is 25.2 Å². The van der Waals surface area contributed by atoms with Crippen molar-refractivity contribution in [2.24, 2.45) is 0 Å². The highest BCUT2D eigenvalue weighted by Gasteiger charge is 2.33. The summed E-state index contributed by atoms with van der Waals surface area (Å²) in [6.07, 6.45) is 0. The molecular formula is C14H14BrNO6. The molecule has 1 heterocycles. The van der Waals surface area contributed by atoms with Crippen LogP contribution in [0, 0.1) is 0 Å². The molecule has 118 valence electrons. The zero-order valence-corrected chi connectivity index (χ0v) is 13.5. The summed E-state index contributed by atoms with van der Waals surface area (Å²) in [4.78, 5) is 25.3. The molecule has 1 aromatic rings. The van der Waals surface area contributed by atoms with Crippen molar-refractivity contribution >= 4 is 33.6 Å². The van der Waals surface area contributed by atoms with Crippen LogP contribution in [0.25, 0.3) is 0 Å². The number of ether oxygens (including phenoxy) is 3. The summed E-state index contributed by atoms with van der Waals surface area (Å²) < 4.78 is 15.4. The predicted octanol–water partition coefficient (Wildman–Crippen LogP) is 1.55. The van der Waals surface area contributed by atoms with E-state index < -0.39 is 11.9 Å². The van der Waals surface area contributed by atoms with E-state index in [1.807, 2.05) is 0 Å². The highest BCUT2D eigenvalue weighted by atomic mass is 79.9. The average Bonchev–Trinajstić information content (AvgIpc) is 2.54. The quantitative estimate of drug-likeness (QED) is 0.806. The number of carbonyl (C=O) groups is 2. The maximum atomic E-state index is 12.1. The number of hydrogen-bond donors (Lipinski definition) is 1. The maximum absolute atomic E-state index is 12.1. The van der Waals surface area contributed by atoms with Crippen LogP contribution in [0.1, 0.15) is 0 Å². The topological polar surface area (TPSA) is 85.3 Å². The molecular weight excluding hydrogens is 358 g/mol. The number of phenolic OH excluding ortho intramolecular Hbond substituents is 1. The first-order valence-electron chi connectivity index (χ1n) is 6.23. The Morgan fingerprint density at radius 1 is 1.27 bits per heavy atom. The Labute approximate surface area is 135 Å². The molecule has 0 fully saturated rings. The van der Waals surface area contributed by atoms with Crippen molar-refractivity contribution < 1.29 is 28.9 Å². The van der Waals surface area contributed by atoms with E-state index in [9.17, 15) is 14.7 Å². The van der Waals surface area contributed by atoms with Crippen LogP contribution in [0.4, 0.5) is 5.69 Å². The average molecular weight is 372 g/mol. The maximum Gasteiger partial charge on any atom is 0.355 e. The van der Waals surface area contributed by atoms with E-state index in [2.05, 4.69) is 20.7 Å². The van der Waals surface area contributed by atoms with Crippen molar-refractivity contribution in [3.63, 3.8) is 0 Å². The fraction of sp³-hybridized carbons (Fsp3) is 0.286. The molecule has 0 aromatic heterocycles. The largest absolute Gasteiger partial charge is 0.506 e. The molecule has 0 unspecified atom stereocenters. The number of carbonyl (C=O) groups excluding carboxylic acids is 2. The molecule has 1 aromatic carbocycles. The first kappa shape index (κ1) is 16.3. The number of esters is 2. The van der Waals surface area contributed by atoms with Crippen LogP contribution < -0.4 is 4.90 Å². The zero-order valence-electron chi connectivity index (χ0n) is 12.0. The molecule has 0 radical (unpaired) electrons. The van der Waals surface area contributed by atoms with Crippen LogP contribution in [-0.4, -0.2) is 44.6 Å². The molecule has 1 aliphatic rings. The summed E-state index contributed by atoms with van der Waals surface area (Å²) in [5.74, 6) is -1.48. The van der Waals surface area contributed by atoms with E-state index in [1.54, 1.807) is 12.1 Å². The third-order valence-corrected chi connectivity index (χ3v) is 3.55. The van der Waals surface area contributed by atoms with Crippen molar-refractivity contribution in [3.8, 4) is 5.75 Å². The number of aromatic hydroxyl groups is 1. The Kier molecular flexibility index (Phi) is 5.04. The van der Waals surface area contributed by atoms with Gasteiger partial charge in [0.15, 0.2) is 0 Å². The summed E-state index contributed by atoms with van der Waals surface area (Å²) in [5, 5.41) is 10.0. The molecule has 0 amide bonds. The highest BCUT2D eigenvalue weighted by Crippen LogP contribution is 2.35. The number of benzene rings is 1. The van der Waals surface area contributed by atoms with Crippen LogP contribution in [0.3, 0.4) is 0 Å². The number of rotatable bonds is 3. The van der Waals surface area contributed by atoms with E-state index in [0.29, 0.717) is 10.2 Å². The fourth-order valence-corrected chi connectivity index (χ4v) is 2.40. The molecule has 0 atom stereocenters. The Morgan fingerprint density at radius 3 is 2.59 bits per heavy atom. The molecule has 0 saturated heterocycles. The van der Waals surface area contributed by atoms with Crippen LogP contribution in [0.2, 0.25) is 0 Å². The summed E-state index contributed by atoms with van der Waals surface area (Å²) in [6, 6.07) is 4.70. The second-order valence-electron chi connectivity index (χ2n) is 4.35. The number of hydrogen-bond acceptors (Lipinski definition) is 7. The fourth-order valence-electron chi connectivity index (χ4n) is 2.05. The van der Waals surface area contributed by atoms with E-state index >= 15 is 0 Å². The molecule has 0 aliphatic carbocycles. The first-order valence-corrected chi connectivity index (χ1v) is 7.02. The van der Waals surface area contributed by atoms with Gasteiger partial charge in [0.2, 0.25) is 0 Å². The molecule has 7 nitrogen and oxygen atoms in total. The monoisotopic (exact) mass is 371 g/mol. The lowest BCUT2D eigenvalue weighted by atomic mass is 10.1. The lowest BCUT2D eigenvalue weighted by Crippen LogP contribution is -2.38. The SMILES string of the molecule is COC(=O)C1=C(C(=O)OC)N(c2cc(Br)ccc2O)COC1. The standard InChI is InChI=1S/C14H14BrNO6/c1-20-13(18)9-6-22-7-16(12(9)14(19)21-2)10-5-8(15)3-4-11(10)17/h3-5,17H,6-7H2,1-2H3. The first-order chi connectivity index (χ1) is 10.5. The van der Waals surface area contributed by atoms with Gasteiger partial charge in [0, 0.05) is 4.47 Å². The van der Waals surface area contributed by atoms with Crippen LogP contribution in [0.5, 0.6) is 5.75 Å². The van der Waals surface area contributed by atoms with Crippen molar-refractivity contribution in [2.75, 3.05) is 32.5 Å². The molecule has 22 heavy (non-hydrogen) atoms. The minimum atomic E-state index is -0.719. The molecule has 0 saturated carbocycles. The van der Waals surface area contributed by atoms with Crippen LogP contribution in [-0.2, 0) is 23.8 Å². The second kappa shape index (κ2) is 6.80. The van der Waals surface area contributed by atoms with E-state index in [-0.39, 0.29) is 30.4 Å². The number of halogens is 1. The molecule has 2 rings (SSSR count). The van der Waals surface area contributed by atoms with Gasteiger partial charge in [0.1, 0.15) is 18.2 Å². The Morgan fingerprint density at radius 2 is 1.95 bits per heavy atom. The van der Waals surface area contributed by atoms with Gasteiger partial charge < -0.3 is 24.2 Å². The Hall–Kier alpha value is -2.06. The number of nitrogens with zero attached hydrogens (tertiary/aromatic N) is 1. The van der Waals surface area contributed by atoms with Gasteiger partial charge in [-0.25, -0.2) is 9.59 Å². The normalized spacial score (nSPS) is 14.8. The number of methoxy groups -OCH3 is 2. The van der Waals surface area contributed by atoms with E-state index in [4.69, 9.17) is 9.47 Å². The minimum absolute atomic E-state index is 0.0189. The summed E-state index contributed by atoms with van der Waals surface area (Å²) in [7, 11) is 2.42. The van der Waals surface area contributed by atoms with Gasteiger partial charge in [0.25, 0.3) is 0 Å². The number of phenols is 1. The van der Waals surface area contributed by atoms with Gasteiger partial charge in [-0.15, -0.1) is 0 Å². The second-order valence-corrected chi connectivity index (χ2v) is 5.26. The van der Waals surface area contributed by atoms with Gasteiger partial charge in [-0.3, -0.25) is 0 Å². The number of anilines is 1. The van der Waals surface area contributed by atoms with Gasteiger partial charge in [-0.05, 0) is 18.2 Å². The van der Waals surface area contributed by atoms with Gasteiger partial charge in [-0.2, -0.15) is 0 Å². The lowest BCUT2D eigenvalue weighted by Gasteiger charge is -2.31. The van der Waals surface area contributed by atoms with Crippen LogP contribution >= 0.6 is 15.9 Å². The van der Waals surface area contributed by atoms with Crippen molar-refractivity contribution in [3.05, 3.63) is 33.9 Å². The zero-order chi connectivity index (χ0) is 16.3. The van der Waals surface area contributed by atoms with Gasteiger partial charge in [-0.1, -0.05) is 15.9 Å². The molecule has 0 bridgehead atoms. The van der Waals surface area contributed by atoms with Crippen molar-refractivity contribution in [1.82, 2.24) is 0 Å². The molecule has 1 aliphatic heterocycles. The molecule has 0 spiro atoms. The third kappa shape index (κ3) is 3.07. The molecule has 8 heteroatoms. The predicted molar refractivity (Wildman–Crippen MR) is 80.2 cm³/mol. The third-order valence-electron chi connectivity index (χ3n) is 3.06. The van der Waals surface area contributed by atoms with E-state index in [0.717, 1.165) is 0 Å². The summed E-state index contributed by atoms with van der Waals surface area (Å²) in [6.45, 7) is -0.0999. The highest BCUT2D eigenvalue weighted by molar-refractivity contribution is 9.10. The van der Waals surface area contributed by atoms with Gasteiger partial charge >= 0.3 is 11.9 Å². The van der Waals surface area contributed by atoms with Crippen molar-refractivity contribution in [2.45, 2.75) is 0 Å². The van der Waals surface area contributed by atoms with Gasteiger partial charge in [0.05, 0.1) is 32.1 Å². The molecule has 1 N–H and O–H groups in total. The lowest BCUT2D eigenvalue weighted by molar-refractivity contribution is -0.140.